The number of rotatable bonds is 4. The summed E-state index contributed by atoms with van der Waals surface area (Å²) in [5, 5.41) is 0. The number of esters is 1. The fraction of sp³-hybridized carbons (Fsp3) is 0.500. The Labute approximate surface area is 111 Å². The first-order valence-electron chi connectivity index (χ1n) is 5.67. The van der Waals surface area contributed by atoms with E-state index in [1.54, 1.807) is 6.92 Å². The lowest BCUT2D eigenvalue weighted by Gasteiger charge is -2.17. The molecular formula is C12H12F5NO2. The molecule has 112 valence electrons. The molecule has 0 radical (unpaired) electrons. The number of carbonyl (C=O) groups excluding carboxylic acids is 1. The molecule has 8 heteroatoms. The third-order valence-electron chi connectivity index (χ3n) is 2.60. The lowest BCUT2D eigenvalue weighted by Crippen LogP contribution is -2.17. The van der Waals surface area contributed by atoms with E-state index in [1.807, 2.05) is 0 Å². The predicted molar refractivity (Wildman–Crippen MR) is 59.3 cm³/mol. The van der Waals surface area contributed by atoms with Gasteiger partial charge in [0.05, 0.1) is 18.6 Å². The van der Waals surface area contributed by atoms with Crippen molar-refractivity contribution in [1.29, 1.82) is 0 Å². The Hall–Kier alpha value is -1.73. The highest BCUT2D eigenvalue weighted by Gasteiger charge is 2.39. The number of hydrogen-bond acceptors (Lipinski definition) is 3. The maximum absolute atomic E-state index is 12.8. The van der Waals surface area contributed by atoms with Crippen molar-refractivity contribution in [3.05, 3.63) is 28.6 Å². The summed E-state index contributed by atoms with van der Waals surface area (Å²) in [6.07, 6.45) is -7.91. The van der Waals surface area contributed by atoms with Gasteiger partial charge in [0.25, 0.3) is 6.43 Å². The molecule has 0 aliphatic rings. The zero-order valence-corrected chi connectivity index (χ0v) is 10.7. The van der Waals surface area contributed by atoms with Gasteiger partial charge in [-0.2, -0.15) is 13.2 Å². The minimum absolute atomic E-state index is 0.0759. The van der Waals surface area contributed by atoms with Crippen LogP contribution in [0.2, 0.25) is 0 Å². The van der Waals surface area contributed by atoms with Crippen molar-refractivity contribution in [2.45, 2.75) is 32.9 Å². The molecule has 0 aliphatic heterocycles. The van der Waals surface area contributed by atoms with Crippen molar-refractivity contribution < 1.29 is 31.5 Å². The zero-order chi connectivity index (χ0) is 15.5. The molecule has 0 atom stereocenters. The molecule has 0 saturated heterocycles. The third kappa shape index (κ3) is 3.64. The molecule has 0 bridgehead atoms. The summed E-state index contributed by atoms with van der Waals surface area (Å²) in [4.78, 5) is 14.4. The Morgan fingerprint density at radius 2 is 2.00 bits per heavy atom. The highest BCUT2D eigenvalue weighted by Crippen LogP contribution is 2.38. The van der Waals surface area contributed by atoms with Crippen LogP contribution in [0.4, 0.5) is 22.0 Å². The van der Waals surface area contributed by atoms with Crippen molar-refractivity contribution in [3.63, 3.8) is 0 Å². The van der Waals surface area contributed by atoms with Crippen molar-refractivity contribution in [1.82, 2.24) is 4.98 Å². The molecule has 0 spiro atoms. The van der Waals surface area contributed by atoms with Crippen LogP contribution in [0.5, 0.6) is 0 Å². The van der Waals surface area contributed by atoms with Crippen molar-refractivity contribution in [2.75, 3.05) is 6.61 Å². The van der Waals surface area contributed by atoms with Gasteiger partial charge in [-0.3, -0.25) is 9.78 Å². The molecule has 0 unspecified atom stereocenters. The van der Waals surface area contributed by atoms with Crippen molar-refractivity contribution in [2.24, 2.45) is 0 Å². The SMILES string of the molecule is CCOC(=O)Cc1cnc(C(F)F)c(C(F)(F)F)c1C. The van der Waals surface area contributed by atoms with E-state index in [0.717, 1.165) is 13.1 Å². The summed E-state index contributed by atoms with van der Waals surface area (Å²) in [6.45, 7) is 2.65. The maximum Gasteiger partial charge on any atom is 0.418 e. The quantitative estimate of drug-likeness (QED) is 0.631. The van der Waals surface area contributed by atoms with Crippen LogP contribution in [0, 0.1) is 6.92 Å². The summed E-state index contributed by atoms with van der Waals surface area (Å²) >= 11 is 0. The number of carbonyl (C=O) groups is 1. The van der Waals surface area contributed by atoms with Crippen molar-refractivity contribution >= 4 is 5.97 Å². The van der Waals surface area contributed by atoms with E-state index in [4.69, 9.17) is 0 Å². The third-order valence-corrected chi connectivity index (χ3v) is 2.60. The van der Waals surface area contributed by atoms with Gasteiger partial charge in [-0.1, -0.05) is 0 Å². The first-order chi connectivity index (χ1) is 9.18. The molecule has 0 saturated carbocycles. The molecular weight excluding hydrogens is 285 g/mol. The minimum Gasteiger partial charge on any atom is -0.466 e. The second kappa shape index (κ2) is 6.15. The monoisotopic (exact) mass is 297 g/mol. The van der Waals surface area contributed by atoms with Gasteiger partial charge in [0, 0.05) is 6.20 Å². The zero-order valence-electron chi connectivity index (χ0n) is 10.7. The van der Waals surface area contributed by atoms with Gasteiger partial charge >= 0.3 is 12.1 Å². The van der Waals surface area contributed by atoms with Crippen LogP contribution < -0.4 is 0 Å². The number of pyridine rings is 1. The fourth-order valence-electron chi connectivity index (χ4n) is 1.73. The normalized spacial score (nSPS) is 11.8. The predicted octanol–water partition coefficient (Wildman–Crippen LogP) is 3.45. The van der Waals surface area contributed by atoms with E-state index in [2.05, 4.69) is 9.72 Å². The summed E-state index contributed by atoms with van der Waals surface area (Å²) in [6, 6.07) is 0. The van der Waals surface area contributed by atoms with E-state index in [1.165, 1.54) is 0 Å². The molecule has 3 nitrogen and oxygen atoms in total. The van der Waals surface area contributed by atoms with Gasteiger partial charge in [0.15, 0.2) is 0 Å². The van der Waals surface area contributed by atoms with Crippen LogP contribution in [0.15, 0.2) is 6.20 Å². The Morgan fingerprint density at radius 3 is 2.45 bits per heavy atom. The smallest absolute Gasteiger partial charge is 0.418 e. The highest BCUT2D eigenvalue weighted by molar-refractivity contribution is 5.73. The minimum atomic E-state index is -4.96. The lowest BCUT2D eigenvalue weighted by molar-refractivity contribution is -0.143. The van der Waals surface area contributed by atoms with E-state index in [-0.39, 0.29) is 12.2 Å². The Kier molecular flexibility index (Phi) is 5.02. The summed E-state index contributed by atoms with van der Waals surface area (Å²) in [7, 11) is 0. The average molecular weight is 297 g/mol. The molecule has 0 N–H and O–H groups in total. The summed E-state index contributed by atoms with van der Waals surface area (Å²) in [5.74, 6) is -0.740. The van der Waals surface area contributed by atoms with Gasteiger partial charge in [-0.05, 0) is 25.0 Å². The number of ether oxygens (including phenoxy) is 1. The fourth-order valence-corrected chi connectivity index (χ4v) is 1.73. The van der Waals surface area contributed by atoms with E-state index < -0.39 is 41.8 Å². The summed E-state index contributed by atoms with van der Waals surface area (Å²) < 4.78 is 68.3. The van der Waals surface area contributed by atoms with Gasteiger partial charge in [0.1, 0.15) is 5.69 Å². The second-order valence-electron chi connectivity index (χ2n) is 3.95. The van der Waals surface area contributed by atoms with Gasteiger partial charge in [-0.15, -0.1) is 0 Å². The Bertz CT molecular complexity index is 499. The topological polar surface area (TPSA) is 39.2 Å². The van der Waals surface area contributed by atoms with E-state index >= 15 is 0 Å². The van der Waals surface area contributed by atoms with E-state index in [9.17, 15) is 26.7 Å². The number of aromatic nitrogens is 1. The van der Waals surface area contributed by atoms with Gasteiger partial charge in [-0.25, -0.2) is 8.78 Å². The highest BCUT2D eigenvalue weighted by atomic mass is 19.4. The largest absolute Gasteiger partial charge is 0.466 e. The summed E-state index contributed by atoms with van der Waals surface area (Å²) in [5.41, 5.74) is -3.34. The lowest BCUT2D eigenvalue weighted by atomic mass is 10.00. The number of hydrogen-bond donors (Lipinski definition) is 0. The van der Waals surface area contributed by atoms with Crippen LogP contribution >= 0.6 is 0 Å². The maximum atomic E-state index is 12.8. The van der Waals surface area contributed by atoms with Crippen LogP contribution in [0.1, 0.15) is 35.7 Å². The molecule has 0 aromatic carbocycles. The number of alkyl halides is 5. The number of nitrogens with zero attached hydrogens (tertiary/aromatic N) is 1. The number of halogens is 5. The first kappa shape index (κ1) is 16.3. The Balaban J connectivity index is 3.28. The molecule has 0 fully saturated rings. The van der Waals surface area contributed by atoms with Crippen molar-refractivity contribution in [3.8, 4) is 0 Å². The van der Waals surface area contributed by atoms with E-state index in [0.29, 0.717) is 0 Å². The molecule has 0 amide bonds. The Morgan fingerprint density at radius 1 is 1.40 bits per heavy atom. The van der Waals surface area contributed by atoms with Gasteiger partial charge < -0.3 is 4.74 Å². The van der Waals surface area contributed by atoms with Crippen LogP contribution in [-0.2, 0) is 22.1 Å². The van der Waals surface area contributed by atoms with Crippen LogP contribution in [-0.4, -0.2) is 17.6 Å². The molecule has 1 aromatic rings. The second-order valence-corrected chi connectivity index (χ2v) is 3.95. The first-order valence-corrected chi connectivity index (χ1v) is 5.67. The molecule has 1 aromatic heterocycles. The standard InChI is InChI=1S/C12H12F5NO2/c1-3-20-8(19)4-7-5-18-10(11(13)14)9(6(7)2)12(15,16)17/h5,11H,3-4H2,1-2H3. The molecule has 20 heavy (non-hydrogen) atoms. The van der Waals surface area contributed by atoms with Crippen LogP contribution in [0.25, 0.3) is 0 Å². The molecule has 1 heterocycles. The molecule has 0 aliphatic carbocycles. The molecule has 1 rings (SSSR count). The van der Waals surface area contributed by atoms with Gasteiger partial charge in [0.2, 0.25) is 0 Å². The average Bonchev–Trinajstić information content (AvgIpc) is 2.29. The van der Waals surface area contributed by atoms with Crippen LogP contribution in [0.3, 0.4) is 0 Å².